The van der Waals surface area contributed by atoms with Gasteiger partial charge in [-0.3, -0.25) is 0 Å². The van der Waals surface area contributed by atoms with Gasteiger partial charge < -0.3 is 9.64 Å². The maximum Gasteiger partial charge on any atom is 0.331 e. The van der Waals surface area contributed by atoms with Crippen LogP contribution in [0.4, 0.5) is 4.79 Å². The number of amides is 2. The smallest absolute Gasteiger partial charge is 0.331 e. The highest BCUT2D eigenvalue weighted by molar-refractivity contribution is 7.93. The molecule has 1 N–H and O–H groups in total. The van der Waals surface area contributed by atoms with Crippen LogP contribution >= 0.6 is 0 Å². The normalized spacial score (nSPS) is 15.2. The maximum atomic E-state index is 12.4. The SMILES string of the molecule is COc1ccccc1CCCC1CCN(C(=O)NS(=O)(=O)C=Cc2ccccc2)CC1. The fourth-order valence-corrected chi connectivity index (χ4v) is 4.64. The molecule has 6 nitrogen and oxygen atoms in total. The molecule has 0 spiro atoms. The molecule has 0 bridgehead atoms. The Morgan fingerprint density at radius 3 is 2.48 bits per heavy atom. The van der Waals surface area contributed by atoms with Crippen LogP contribution in [0.1, 0.15) is 36.8 Å². The molecule has 0 radical (unpaired) electrons. The molecule has 2 aromatic rings. The molecule has 0 unspecified atom stereocenters. The number of para-hydroxylation sites is 1. The Morgan fingerprint density at radius 2 is 1.77 bits per heavy atom. The first-order chi connectivity index (χ1) is 15.0. The molecule has 31 heavy (non-hydrogen) atoms. The molecule has 0 aromatic heterocycles. The Labute approximate surface area is 185 Å². The minimum atomic E-state index is -3.83. The number of benzene rings is 2. The number of likely N-dealkylation sites (tertiary alicyclic amines) is 1. The number of carbonyl (C=O) groups excluding carboxylic acids is 1. The highest BCUT2D eigenvalue weighted by Crippen LogP contribution is 2.25. The van der Waals surface area contributed by atoms with Crippen LogP contribution in [-0.2, 0) is 16.4 Å². The third kappa shape index (κ3) is 7.14. The van der Waals surface area contributed by atoms with Gasteiger partial charge >= 0.3 is 6.03 Å². The van der Waals surface area contributed by atoms with Crippen molar-refractivity contribution in [3.63, 3.8) is 0 Å². The lowest BCUT2D eigenvalue weighted by molar-refractivity contribution is 0.172. The fourth-order valence-electron chi connectivity index (χ4n) is 3.87. The van der Waals surface area contributed by atoms with E-state index in [0.29, 0.717) is 19.0 Å². The second-order valence-electron chi connectivity index (χ2n) is 7.80. The number of piperidine rings is 1. The van der Waals surface area contributed by atoms with Gasteiger partial charge in [0.05, 0.1) is 12.5 Å². The number of nitrogens with zero attached hydrogens (tertiary/aromatic N) is 1. The van der Waals surface area contributed by atoms with Gasteiger partial charge in [0.15, 0.2) is 0 Å². The summed E-state index contributed by atoms with van der Waals surface area (Å²) in [5, 5.41) is 1.03. The number of sulfonamides is 1. The Hall–Kier alpha value is -2.80. The zero-order valence-corrected chi connectivity index (χ0v) is 18.7. The summed E-state index contributed by atoms with van der Waals surface area (Å²) >= 11 is 0. The van der Waals surface area contributed by atoms with Crippen molar-refractivity contribution in [3.8, 4) is 5.75 Å². The van der Waals surface area contributed by atoms with E-state index in [1.807, 2.05) is 36.4 Å². The number of rotatable bonds is 8. The number of hydrogen-bond acceptors (Lipinski definition) is 4. The largest absolute Gasteiger partial charge is 0.496 e. The topological polar surface area (TPSA) is 75.7 Å². The van der Waals surface area contributed by atoms with Crippen molar-refractivity contribution in [2.45, 2.75) is 32.1 Å². The molecule has 1 aliphatic rings. The summed E-state index contributed by atoms with van der Waals surface area (Å²) in [5.41, 5.74) is 1.98. The number of nitrogens with one attached hydrogen (secondary N) is 1. The molecule has 1 heterocycles. The minimum absolute atomic E-state index is 0.549. The van der Waals surface area contributed by atoms with Crippen LogP contribution < -0.4 is 9.46 Å². The number of aryl methyl sites for hydroxylation is 1. The van der Waals surface area contributed by atoms with E-state index in [9.17, 15) is 13.2 Å². The third-order valence-corrected chi connectivity index (χ3v) is 6.58. The maximum absolute atomic E-state index is 12.4. The fraction of sp³-hybridized carbons (Fsp3) is 0.375. The van der Waals surface area contributed by atoms with E-state index in [1.54, 1.807) is 24.1 Å². The standard InChI is InChI=1S/C24H30N2O4S/c1-30-23-13-6-5-11-22(23)12-7-10-21-14-17-26(18-15-21)24(27)25-31(28,29)19-16-20-8-3-2-4-9-20/h2-6,8-9,11,13,16,19,21H,7,10,12,14-15,17-18H2,1H3,(H,25,27). The first-order valence-electron chi connectivity index (χ1n) is 10.6. The molecule has 1 saturated heterocycles. The Kier molecular flexibility index (Phi) is 8.12. The van der Waals surface area contributed by atoms with Gasteiger partial charge in [0.2, 0.25) is 0 Å². The van der Waals surface area contributed by atoms with Gasteiger partial charge in [0, 0.05) is 13.1 Å². The molecule has 7 heteroatoms. The van der Waals surface area contributed by atoms with Crippen molar-refractivity contribution in [1.29, 1.82) is 0 Å². The van der Waals surface area contributed by atoms with Gasteiger partial charge in [-0.1, -0.05) is 48.5 Å². The summed E-state index contributed by atoms with van der Waals surface area (Å²) in [4.78, 5) is 14.0. The lowest BCUT2D eigenvalue weighted by atomic mass is 9.91. The van der Waals surface area contributed by atoms with E-state index in [2.05, 4.69) is 10.8 Å². The molecule has 2 aromatic carbocycles. The molecule has 0 atom stereocenters. The molecule has 3 rings (SSSR count). The van der Waals surface area contributed by atoms with E-state index < -0.39 is 16.1 Å². The summed E-state index contributed by atoms with van der Waals surface area (Å²) < 4.78 is 31.9. The number of methoxy groups -OCH3 is 1. The summed E-state index contributed by atoms with van der Waals surface area (Å²) in [6.45, 7) is 1.14. The molecule has 1 fully saturated rings. The first-order valence-corrected chi connectivity index (χ1v) is 12.2. The molecular weight excluding hydrogens is 412 g/mol. The molecule has 2 amide bonds. The van der Waals surface area contributed by atoms with Crippen LogP contribution in [0.15, 0.2) is 60.0 Å². The van der Waals surface area contributed by atoms with Gasteiger partial charge in [-0.05, 0) is 61.3 Å². The molecular formula is C24H30N2O4S. The third-order valence-electron chi connectivity index (χ3n) is 5.62. The van der Waals surface area contributed by atoms with Crippen LogP contribution in [0.3, 0.4) is 0 Å². The quantitative estimate of drug-likeness (QED) is 0.656. The molecule has 166 valence electrons. The van der Waals surface area contributed by atoms with Gasteiger partial charge in [-0.15, -0.1) is 0 Å². The van der Waals surface area contributed by atoms with E-state index in [-0.39, 0.29) is 0 Å². The van der Waals surface area contributed by atoms with Gasteiger partial charge in [0.1, 0.15) is 5.75 Å². The summed E-state index contributed by atoms with van der Waals surface area (Å²) in [6.07, 6.45) is 6.38. The van der Waals surface area contributed by atoms with Crippen molar-refractivity contribution >= 4 is 22.1 Å². The number of carbonyl (C=O) groups is 1. The average molecular weight is 443 g/mol. The Bertz CT molecular complexity index is 982. The van der Waals surface area contributed by atoms with Gasteiger partial charge in [-0.2, -0.15) is 0 Å². The number of hydrogen-bond donors (Lipinski definition) is 1. The van der Waals surface area contributed by atoms with Crippen molar-refractivity contribution in [1.82, 2.24) is 9.62 Å². The van der Waals surface area contributed by atoms with Crippen LogP contribution in [0.25, 0.3) is 6.08 Å². The minimum Gasteiger partial charge on any atom is -0.496 e. The summed E-state index contributed by atoms with van der Waals surface area (Å²) in [7, 11) is -2.14. The monoisotopic (exact) mass is 442 g/mol. The average Bonchev–Trinajstić information content (AvgIpc) is 2.79. The Morgan fingerprint density at radius 1 is 1.10 bits per heavy atom. The van der Waals surface area contributed by atoms with Gasteiger partial charge in [0.25, 0.3) is 10.0 Å². The lowest BCUT2D eigenvalue weighted by Gasteiger charge is -2.31. The predicted octanol–water partition coefficient (Wildman–Crippen LogP) is 4.44. The van der Waals surface area contributed by atoms with Crippen LogP contribution in [0.5, 0.6) is 5.75 Å². The second kappa shape index (κ2) is 11.0. The summed E-state index contributed by atoms with van der Waals surface area (Å²) in [6, 6.07) is 16.6. The first kappa shape index (κ1) is 22.9. The predicted molar refractivity (Wildman–Crippen MR) is 123 cm³/mol. The molecule has 1 aliphatic heterocycles. The van der Waals surface area contributed by atoms with Crippen molar-refractivity contribution in [3.05, 3.63) is 71.1 Å². The molecule has 0 aliphatic carbocycles. The van der Waals surface area contributed by atoms with Crippen molar-refractivity contribution in [2.75, 3.05) is 20.2 Å². The van der Waals surface area contributed by atoms with Crippen LogP contribution in [-0.4, -0.2) is 39.5 Å². The highest BCUT2D eigenvalue weighted by Gasteiger charge is 2.24. The zero-order valence-electron chi connectivity index (χ0n) is 17.9. The van der Waals surface area contributed by atoms with E-state index in [0.717, 1.165) is 48.8 Å². The van der Waals surface area contributed by atoms with E-state index >= 15 is 0 Å². The second-order valence-corrected chi connectivity index (χ2v) is 9.37. The van der Waals surface area contributed by atoms with E-state index in [4.69, 9.17) is 4.74 Å². The van der Waals surface area contributed by atoms with Crippen molar-refractivity contribution in [2.24, 2.45) is 5.92 Å². The Balaban J connectivity index is 1.41. The van der Waals surface area contributed by atoms with Crippen molar-refractivity contribution < 1.29 is 17.9 Å². The molecule has 0 saturated carbocycles. The number of urea groups is 1. The van der Waals surface area contributed by atoms with Crippen LogP contribution in [0.2, 0.25) is 0 Å². The zero-order chi connectivity index (χ0) is 22.1. The lowest BCUT2D eigenvalue weighted by Crippen LogP contribution is -2.45. The van der Waals surface area contributed by atoms with Gasteiger partial charge in [-0.25, -0.2) is 17.9 Å². The number of ether oxygens (including phenoxy) is 1. The highest BCUT2D eigenvalue weighted by atomic mass is 32.2. The van der Waals surface area contributed by atoms with Crippen LogP contribution in [0, 0.1) is 5.92 Å². The van der Waals surface area contributed by atoms with E-state index in [1.165, 1.54) is 11.6 Å². The summed E-state index contributed by atoms with van der Waals surface area (Å²) in [5.74, 6) is 1.48.